The third-order valence-electron chi connectivity index (χ3n) is 3.86. The first-order valence-electron chi connectivity index (χ1n) is 8.25. The van der Waals surface area contributed by atoms with Crippen LogP contribution in [-0.2, 0) is 11.2 Å². The summed E-state index contributed by atoms with van der Waals surface area (Å²) in [6.07, 6.45) is -7.23. The summed E-state index contributed by atoms with van der Waals surface area (Å²) >= 11 is 0. The average molecular weight is 392 g/mol. The standard InChI is InChI=1S/C17H20F4N2O4/c1-3-26-12-6-5-10(7-13(12)27-4-2)8-14(24)23-17(25,16(20)21)9-11(22-23)15(18)19/h5-7,16,22,25H,3-4,8-9H2,1-2H3. The van der Waals surface area contributed by atoms with Gasteiger partial charge in [-0.05, 0) is 31.5 Å². The summed E-state index contributed by atoms with van der Waals surface area (Å²) in [6.45, 7) is 4.26. The maximum atomic E-state index is 13.2. The molecule has 0 spiro atoms. The highest BCUT2D eigenvalue weighted by Gasteiger charge is 2.53. The molecule has 150 valence electrons. The van der Waals surface area contributed by atoms with Crippen molar-refractivity contribution in [3.8, 4) is 11.5 Å². The number of hydrogen-bond acceptors (Lipinski definition) is 5. The van der Waals surface area contributed by atoms with Crippen molar-refractivity contribution in [3.63, 3.8) is 0 Å². The number of nitrogens with one attached hydrogen (secondary N) is 1. The number of aliphatic hydroxyl groups is 1. The third kappa shape index (κ3) is 4.44. The van der Waals surface area contributed by atoms with Gasteiger partial charge in [0.1, 0.15) is 5.70 Å². The van der Waals surface area contributed by atoms with Gasteiger partial charge in [0.15, 0.2) is 11.5 Å². The summed E-state index contributed by atoms with van der Waals surface area (Å²) in [5.74, 6) is -0.192. The van der Waals surface area contributed by atoms with Gasteiger partial charge in [0, 0.05) is 0 Å². The van der Waals surface area contributed by atoms with Gasteiger partial charge in [-0.15, -0.1) is 0 Å². The Morgan fingerprint density at radius 3 is 2.44 bits per heavy atom. The molecule has 1 unspecified atom stereocenters. The number of rotatable bonds is 7. The van der Waals surface area contributed by atoms with E-state index in [9.17, 15) is 27.5 Å². The predicted octanol–water partition coefficient (Wildman–Crippen LogP) is 2.83. The Hall–Kier alpha value is -2.49. The van der Waals surface area contributed by atoms with Crippen LogP contribution < -0.4 is 14.9 Å². The van der Waals surface area contributed by atoms with E-state index in [-0.39, 0.29) is 5.01 Å². The topological polar surface area (TPSA) is 71.0 Å². The Bertz CT molecular complexity index is 725. The van der Waals surface area contributed by atoms with E-state index in [0.29, 0.717) is 30.3 Å². The van der Waals surface area contributed by atoms with Gasteiger partial charge in [-0.25, -0.2) is 13.8 Å². The van der Waals surface area contributed by atoms with Crippen molar-refractivity contribution in [2.24, 2.45) is 0 Å². The third-order valence-corrected chi connectivity index (χ3v) is 3.86. The number of carbonyl (C=O) groups excluding carboxylic acids is 1. The van der Waals surface area contributed by atoms with Crippen LogP contribution in [0.2, 0.25) is 0 Å². The molecule has 1 amide bonds. The largest absolute Gasteiger partial charge is 0.490 e. The van der Waals surface area contributed by atoms with Crippen molar-refractivity contribution >= 4 is 5.91 Å². The van der Waals surface area contributed by atoms with Crippen LogP contribution in [0.4, 0.5) is 17.6 Å². The highest BCUT2D eigenvalue weighted by atomic mass is 19.3. The number of alkyl halides is 2. The van der Waals surface area contributed by atoms with Gasteiger partial charge in [-0.3, -0.25) is 10.2 Å². The van der Waals surface area contributed by atoms with E-state index >= 15 is 0 Å². The summed E-state index contributed by atoms with van der Waals surface area (Å²) in [5, 5.41) is 10.2. The zero-order valence-electron chi connectivity index (χ0n) is 14.8. The molecule has 1 saturated heterocycles. The molecule has 2 N–H and O–H groups in total. The van der Waals surface area contributed by atoms with E-state index in [4.69, 9.17) is 9.47 Å². The van der Waals surface area contributed by atoms with Gasteiger partial charge in [0.25, 0.3) is 12.5 Å². The summed E-state index contributed by atoms with van der Waals surface area (Å²) in [7, 11) is 0. The zero-order chi connectivity index (χ0) is 20.2. The van der Waals surface area contributed by atoms with Gasteiger partial charge < -0.3 is 14.6 Å². The lowest BCUT2D eigenvalue weighted by Gasteiger charge is -2.31. The molecule has 1 aromatic carbocycles. The van der Waals surface area contributed by atoms with Crippen molar-refractivity contribution in [2.75, 3.05) is 13.2 Å². The first-order chi connectivity index (χ1) is 12.7. The van der Waals surface area contributed by atoms with Crippen LogP contribution in [0.1, 0.15) is 25.8 Å². The smallest absolute Gasteiger partial charge is 0.291 e. The van der Waals surface area contributed by atoms with Crippen molar-refractivity contribution in [1.29, 1.82) is 0 Å². The lowest BCUT2D eigenvalue weighted by atomic mass is 10.1. The van der Waals surface area contributed by atoms with E-state index in [0.717, 1.165) is 0 Å². The van der Waals surface area contributed by atoms with Crippen LogP contribution in [-0.4, -0.2) is 41.4 Å². The molecule has 10 heteroatoms. The minimum atomic E-state index is -3.44. The van der Waals surface area contributed by atoms with Gasteiger partial charge >= 0.3 is 0 Å². The lowest BCUT2D eigenvalue weighted by molar-refractivity contribution is -0.195. The summed E-state index contributed by atoms with van der Waals surface area (Å²) in [6, 6.07) is 4.58. The molecular formula is C17H20F4N2O4. The molecule has 1 aromatic rings. The fourth-order valence-electron chi connectivity index (χ4n) is 2.63. The molecule has 1 fully saturated rings. The molecular weight excluding hydrogens is 372 g/mol. The van der Waals surface area contributed by atoms with Crippen LogP contribution in [0.5, 0.6) is 11.5 Å². The molecule has 27 heavy (non-hydrogen) atoms. The maximum Gasteiger partial charge on any atom is 0.291 e. The van der Waals surface area contributed by atoms with Gasteiger partial charge in [-0.2, -0.15) is 8.78 Å². The number of ether oxygens (including phenoxy) is 2. The quantitative estimate of drug-likeness (QED) is 0.699. The molecule has 1 aliphatic heterocycles. The number of hydrazine groups is 1. The van der Waals surface area contributed by atoms with Crippen molar-refractivity contribution in [2.45, 2.75) is 38.8 Å². The molecule has 1 heterocycles. The molecule has 0 aromatic heterocycles. The number of halogens is 4. The molecule has 0 saturated carbocycles. The fraction of sp³-hybridized carbons (Fsp3) is 0.471. The summed E-state index contributed by atoms with van der Waals surface area (Å²) < 4.78 is 62.8. The van der Waals surface area contributed by atoms with Crippen molar-refractivity contribution < 1.29 is 36.9 Å². The van der Waals surface area contributed by atoms with Crippen LogP contribution >= 0.6 is 0 Å². The highest BCUT2D eigenvalue weighted by molar-refractivity contribution is 5.80. The molecule has 2 rings (SSSR count). The Morgan fingerprint density at radius 2 is 1.89 bits per heavy atom. The molecule has 0 radical (unpaired) electrons. The lowest BCUT2D eigenvalue weighted by Crippen LogP contribution is -2.56. The second-order valence-electron chi connectivity index (χ2n) is 5.76. The number of carbonyl (C=O) groups is 1. The van der Waals surface area contributed by atoms with Gasteiger partial charge in [0.05, 0.1) is 26.1 Å². The van der Waals surface area contributed by atoms with Crippen LogP contribution in [0.15, 0.2) is 30.0 Å². The van der Waals surface area contributed by atoms with E-state index in [2.05, 4.69) is 0 Å². The molecule has 1 aliphatic rings. The van der Waals surface area contributed by atoms with Crippen molar-refractivity contribution in [3.05, 3.63) is 35.5 Å². The van der Waals surface area contributed by atoms with Crippen LogP contribution in [0.25, 0.3) is 0 Å². The monoisotopic (exact) mass is 392 g/mol. The molecule has 0 bridgehead atoms. The Labute approximate surface area is 153 Å². The Morgan fingerprint density at radius 1 is 1.26 bits per heavy atom. The fourth-order valence-corrected chi connectivity index (χ4v) is 2.63. The summed E-state index contributed by atoms with van der Waals surface area (Å²) in [4.78, 5) is 12.4. The number of hydrogen-bond donors (Lipinski definition) is 2. The summed E-state index contributed by atoms with van der Waals surface area (Å²) in [5.41, 5.74) is -1.72. The minimum absolute atomic E-state index is 0.156. The van der Waals surface area contributed by atoms with E-state index in [1.807, 2.05) is 5.43 Å². The second kappa shape index (κ2) is 8.47. The average Bonchev–Trinajstić information content (AvgIpc) is 2.97. The number of amides is 1. The van der Waals surface area contributed by atoms with Crippen LogP contribution in [0, 0.1) is 0 Å². The minimum Gasteiger partial charge on any atom is -0.490 e. The van der Waals surface area contributed by atoms with Gasteiger partial charge in [-0.1, -0.05) is 6.07 Å². The normalized spacial score (nSPS) is 19.3. The molecule has 0 aliphatic carbocycles. The number of nitrogens with zero attached hydrogens (tertiary/aromatic N) is 1. The highest BCUT2D eigenvalue weighted by Crippen LogP contribution is 2.35. The zero-order valence-corrected chi connectivity index (χ0v) is 14.8. The number of benzene rings is 1. The van der Waals surface area contributed by atoms with Crippen molar-refractivity contribution in [1.82, 2.24) is 10.4 Å². The second-order valence-corrected chi connectivity index (χ2v) is 5.76. The Kier molecular flexibility index (Phi) is 6.53. The Balaban J connectivity index is 2.25. The molecule has 6 nitrogen and oxygen atoms in total. The van der Waals surface area contributed by atoms with E-state index < -0.39 is 42.7 Å². The molecule has 1 atom stereocenters. The predicted molar refractivity (Wildman–Crippen MR) is 87.3 cm³/mol. The first kappa shape index (κ1) is 20.8. The first-order valence-corrected chi connectivity index (χ1v) is 8.25. The van der Waals surface area contributed by atoms with Gasteiger partial charge in [0.2, 0.25) is 11.6 Å². The van der Waals surface area contributed by atoms with E-state index in [1.54, 1.807) is 19.9 Å². The SMILES string of the molecule is CCOc1ccc(CC(=O)N2NC(=C(F)F)CC2(O)C(F)F)cc1OCC. The van der Waals surface area contributed by atoms with Crippen LogP contribution in [0.3, 0.4) is 0 Å². The van der Waals surface area contributed by atoms with E-state index in [1.165, 1.54) is 12.1 Å². The maximum absolute atomic E-state index is 13.2.